The maximum atomic E-state index is 3.42. The molecule has 1 aliphatic rings. The van der Waals surface area contributed by atoms with E-state index in [0.717, 1.165) is 37.9 Å². The standard InChI is InChI=1S/C20H29N/c1-3-21(4-2)17-9-8-10-18-13-15-20(16-14-18)19-11-6-5-7-12-19/h5-7,11-12,18,20H,3-4,10,13-17H2,1-2H3. The molecule has 114 valence electrons. The topological polar surface area (TPSA) is 3.24 Å². The van der Waals surface area contributed by atoms with Crippen molar-refractivity contribution in [1.82, 2.24) is 4.90 Å². The van der Waals surface area contributed by atoms with Crippen molar-refractivity contribution in [2.75, 3.05) is 19.6 Å². The number of benzene rings is 1. The molecule has 0 spiro atoms. The molecule has 0 unspecified atom stereocenters. The molecule has 21 heavy (non-hydrogen) atoms. The zero-order valence-electron chi connectivity index (χ0n) is 13.6. The molecule has 0 heterocycles. The van der Waals surface area contributed by atoms with E-state index in [9.17, 15) is 0 Å². The number of hydrogen-bond donors (Lipinski definition) is 0. The highest BCUT2D eigenvalue weighted by Gasteiger charge is 2.21. The molecule has 1 heteroatoms. The summed E-state index contributed by atoms with van der Waals surface area (Å²) in [4.78, 5) is 2.37. The van der Waals surface area contributed by atoms with Crippen molar-refractivity contribution in [2.45, 2.75) is 51.9 Å². The molecule has 1 fully saturated rings. The minimum absolute atomic E-state index is 0.783. The van der Waals surface area contributed by atoms with Gasteiger partial charge in [-0.25, -0.2) is 0 Å². The predicted octanol–water partition coefficient (Wildman–Crippen LogP) is 4.70. The Bertz CT molecular complexity index is 442. The van der Waals surface area contributed by atoms with Gasteiger partial charge in [0, 0.05) is 6.42 Å². The van der Waals surface area contributed by atoms with E-state index >= 15 is 0 Å². The SMILES string of the molecule is CCN(CC)CC#CCC1CCC(c2ccccc2)CC1. The van der Waals surface area contributed by atoms with E-state index in [-0.39, 0.29) is 0 Å². The first-order chi connectivity index (χ1) is 10.3. The molecule has 1 aromatic carbocycles. The molecule has 2 rings (SSSR count). The third-order valence-corrected chi connectivity index (χ3v) is 4.83. The lowest BCUT2D eigenvalue weighted by molar-refractivity contribution is 0.330. The fraction of sp³-hybridized carbons (Fsp3) is 0.600. The van der Waals surface area contributed by atoms with Gasteiger partial charge in [0.25, 0.3) is 0 Å². The fourth-order valence-electron chi connectivity index (χ4n) is 3.26. The summed E-state index contributed by atoms with van der Waals surface area (Å²) < 4.78 is 0. The summed E-state index contributed by atoms with van der Waals surface area (Å²) in [6, 6.07) is 11.0. The van der Waals surface area contributed by atoms with Crippen molar-refractivity contribution in [3.8, 4) is 11.8 Å². The summed E-state index contributed by atoms with van der Waals surface area (Å²) in [6.07, 6.45) is 6.47. The summed E-state index contributed by atoms with van der Waals surface area (Å²) in [5, 5.41) is 0. The van der Waals surface area contributed by atoms with Crippen LogP contribution in [0.25, 0.3) is 0 Å². The van der Waals surface area contributed by atoms with Crippen LogP contribution in [0.2, 0.25) is 0 Å². The van der Waals surface area contributed by atoms with E-state index in [2.05, 4.69) is 60.9 Å². The van der Waals surface area contributed by atoms with Crippen molar-refractivity contribution in [1.29, 1.82) is 0 Å². The molecule has 1 aromatic rings. The smallest absolute Gasteiger partial charge is 0.0601 e. The van der Waals surface area contributed by atoms with Crippen molar-refractivity contribution >= 4 is 0 Å². The summed E-state index contributed by atoms with van der Waals surface area (Å²) in [5.74, 6) is 8.38. The predicted molar refractivity (Wildman–Crippen MR) is 91.3 cm³/mol. The maximum absolute atomic E-state index is 3.42. The summed E-state index contributed by atoms with van der Waals surface area (Å²) in [5.41, 5.74) is 1.53. The first-order valence-corrected chi connectivity index (χ1v) is 8.56. The Kier molecular flexibility index (Phi) is 6.83. The van der Waals surface area contributed by atoms with Gasteiger partial charge in [0.2, 0.25) is 0 Å². The minimum Gasteiger partial charge on any atom is -0.293 e. The first kappa shape index (κ1) is 16.1. The van der Waals surface area contributed by atoms with Crippen LogP contribution >= 0.6 is 0 Å². The van der Waals surface area contributed by atoms with E-state index in [4.69, 9.17) is 0 Å². The molecule has 1 saturated carbocycles. The van der Waals surface area contributed by atoms with Crippen LogP contribution in [0, 0.1) is 17.8 Å². The molecule has 1 aliphatic carbocycles. The zero-order valence-corrected chi connectivity index (χ0v) is 13.6. The molecule has 0 aromatic heterocycles. The van der Waals surface area contributed by atoms with E-state index < -0.39 is 0 Å². The third kappa shape index (κ3) is 5.21. The van der Waals surface area contributed by atoms with Crippen LogP contribution in [0.15, 0.2) is 30.3 Å². The van der Waals surface area contributed by atoms with Gasteiger partial charge in [-0.05, 0) is 56.2 Å². The van der Waals surface area contributed by atoms with E-state index in [1.165, 1.54) is 31.2 Å². The number of rotatable bonds is 5. The zero-order chi connectivity index (χ0) is 14.9. The van der Waals surface area contributed by atoms with Gasteiger partial charge in [-0.15, -0.1) is 5.92 Å². The van der Waals surface area contributed by atoms with Gasteiger partial charge in [-0.1, -0.05) is 50.1 Å². The third-order valence-electron chi connectivity index (χ3n) is 4.83. The fourth-order valence-corrected chi connectivity index (χ4v) is 3.26. The van der Waals surface area contributed by atoms with Gasteiger partial charge in [-0.2, -0.15) is 0 Å². The number of hydrogen-bond acceptors (Lipinski definition) is 1. The van der Waals surface area contributed by atoms with Gasteiger partial charge in [-0.3, -0.25) is 4.90 Å². The van der Waals surface area contributed by atoms with Crippen LogP contribution in [-0.2, 0) is 0 Å². The highest BCUT2D eigenvalue weighted by atomic mass is 15.1. The largest absolute Gasteiger partial charge is 0.293 e. The van der Waals surface area contributed by atoms with Crippen LogP contribution in [0.3, 0.4) is 0 Å². The lowest BCUT2D eigenvalue weighted by Crippen LogP contribution is -2.22. The van der Waals surface area contributed by atoms with Gasteiger partial charge in [0.1, 0.15) is 0 Å². The lowest BCUT2D eigenvalue weighted by atomic mass is 9.78. The second-order valence-corrected chi connectivity index (χ2v) is 6.15. The molecule has 0 radical (unpaired) electrons. The Balaban J connectivity index is 1.71. The second kappa shape index (κ2) is 8.90. The Morgan fingerprint density at radius 1 is 0.952 bits per heavy atom. The maximum Gasteiger partial charge on any atom is 0.0601 e. The average molecular weight is 283 g/mol. The molecule has 0 aliphatic heterocycles. The Morgan fingerprint density at radius 2 is 1.62 bits per heavy atom. The van der Waals surface area contributed by atoms with Crippen LogP contribution in [0.4, 0.5) is 0 Å². The first-order valence-electron chi connectivity index (χ1n) is 8.56. The van der Waals surface area contributed by atoms with Gasteiger partial charge < -0.3 is 0 Å². The Hall–Kier alpha value is -1.26. The lowest BCUT2D eigenvalue weighted by Gasteiger charge is -2.27. The summed E-state index contributed by atoms with van der Waals surface area (Å²) in [7, 11) is 0. The molecular weight excluding hydrogens is 254 g/mol. The van der Waals surface area contributed by atoms with Gasteiger partial charge >= 0.3 is 0 Å². The van der Waals surface area contributed by atoms with Crippen LogP contribution < -0.4 is 0 Å². The van der Waals surface area contributed by atoms with Crippen LogP contribution in [0.5, 0.6) is 0 Å². The van der Waals surface area contributed by atoms with Crippen LogP contribution in [-0.4, -0.2) is 24.5 Å². The quantitative estimate of drug-likeness (QED) is 0.708. The summed E-state index contributed by atoms with van der Waals surface area (Å²) >= 11 is 0. The van der Waals surface area contributed by atoms with Crippen molar-refractivity contribution in [3.05, 3.63) is 35.9 Å². The molecule has 0 saturated heterocycles. The minimum atomic E-state index is 0.783. The monoisotopic (exact) mass is 283 g/mol. The molecule has 0 amide bonds. The Morgan fingerprint density at radius 3 is 2.24 bits per heavy atom. The van der Waals surface area contributed by atoms with Crippen LogP contribution in [0.1, 0.15) is 57.4 Å². The normalized spacial score (nSPS) is 21.9. The average Bonchev–Trinajstić information content (AvgIpc) is 2.56. The van der Waals surface area contributed by atoms with E-state index in [0.29, 0.717) is 0 Å². The van der Waals surface area contributed by atoms with E-state index in [1.807, 2.05) is 0 Å². The molecule has 0 atom stereocenters. The molecule has 0 bridgehead atoms. The van der Waals surface area contributed by atoms with Crippen molar-refractivity contribution in [2.24, 2.45) is 5.92 Å². The van der Waals surface area contributed by atoms with E-state index in [1.54, 1.807) is 0 Å². The number of nitrogens with zero attached hydrogens (tertiary/aromatic N) is 1. The highest BCUT2D eigenvalue weighted by molar-refractivity contribution is 5.20. The molecular formula is C20H29N. The summed E-state index contributed by atoms with van der Waals surface area (Å²) in [6.45, 7) is 7.55. The van der Waals surface area contributed by atoms with Crippen molar-refractivity contribution < 1.29 is 0 Å². The second-order valence-electron chi connectivity index (χ2n) is 6.15. The molecule has 1 nitrogen and oxygen atoms in total. The van der Waals surface area contributed by atoms with Gasteiger partial charge in [0.15, 0.2) is 0 Å². The highest BCUT2D eigenvalue weighted by Crippen LogP contribution is 2.36. The van der Waals surface area contributed by atoms with Crippen molar-refractivity contribution in [3.63, 3.8) is 0 Å². The molecule has 0 N–H and O–H groups in total. The van der Waals surface area contributed by atoms with Gasteiger partial charge in [0.05, 0.1) is 6.54 Å². The Labute approximate surface area is 130 Å².